The van der Waals surface area contributed by atoms with E-state index in [2.05, 4.69) is 88.7 Å². The van der Waals surface area contributed by atoms with Gasteiger partial charge in [-0.25, -0.2) is 0 Å². The number of hydrogen-bond acceptors (Lipinski definition) is 4. The van der Waals surface area contributed by atoms with Crippen molar-refractivity contribution in [3.63, 3.8) is 0 Å². The molecule has 0 N–H and O–H groups in total. The van der Waals surface area contributed by atoms with Crippen LogP contribution in [0.25, 0.3) is 0 Å². The fourth-order valence-corrected chi connectivity index (χ4v) is 9.20. The summed E-state index contributed by atoms with van der Waals surface area (Å²) in [6.07, 6.45) is 8.64. The van der Waals surface area contributed by atoms with Gasteiger partial charge in [-0.1, -0.05) is 66.7 Å². The molecule has 40 heavy (non-hydrogen) atoms. The lowest BCUT2D eigenvalue weighted by atomic mass is 9.45. The van der Waals surface area contributed by atoms with Gasteiger partial charge < -0.3 is 9.47 Å². The molecule has 3 aromatic rings. The van der Waals surface area contributed by atoms with Crippen molar-refractivity contribution in [2.45, 2.75) is 80.6 Å². The molecule has 3 aromatic carbocycles. The largest absolute Gasteiger partial charge is 0.497 e. The van der Waals surface area contributed by atoms with Gasteiger partial charge >= 0.3 is 0 Å². The summed E-state index contributed by atoms with van der Waals surface area (Å²) in [4.78, 5) is 5.64. The van der Waals surface area contributed by atoms with Gasteiger partial charge in [-0.15, -0.1) is 0 Å². The van der Waals surface area contributed by atoms with Crippen molar-refractivity contribution < 1.29 is 9.47 Å². The molecule has 3 heterocycles. The van der Waals surface area contributed by atoms with Crippen molar-refractivity contribution in [3.05, 3.63) is 101 Å². The molecule has 0 amide bonds. The Balaban J connectivity index is 1.23. The summed E-state index contributed by atoms with van der Waals surface area (Å²) >= 11 is 0. The topological polar surface area (TPSA) is 24.9 Å². The number of nitrogens with zero attached hydrogens (tertiary/aromatic N) is 2. The molecule has 2 saturated carbocycles. The van der Waals surface area contributed by atoms with Gasteiger partial charge in [-0.05, 0) is 91.8 Å². The first kappa shape index (κ1) is 25.1. The standard InChI is InChI=1S/C36H42N2O2/c1-39-31-15-14-30-20-33-36-17-16-34(26-40-36,25-35(36,32(30)21-31)18-19-37(33)22-29-12-13-29)38(23-27-8-4-2-5-9-27)24-28-10-6-3-7-11-28/h2-11,14-15,21,29,33H,12-13,16-20,22-26H2,1H3/t33-,34?,35-,36?/m1/s1. The van der Waals surface area contributed by atoms with E-state index >= 15 is 0 Å². The lowest BCUT2D eigenvalue weighted by Gasteiger charge is -2.73. The Hall–Kier alpha value is -2.66. The normalized spacial score (nSPS) is 32.5. The van der Waals surface area contributed by atoms with Crippen LogP contribution in [0.2, 0.25) is 0 Å². The number of methoxy groups -OCH3 is 1. The number of hydrogen-bond donors (Lipinski definition) is 0. The van der Waals surface area contributed by atoms with E-state index in [-0.39, 0.29) is 16.6 Å². The molecule has 208 valence electrons. The van der Waals surface area contributed by atoms with Crippen molar-refractivity contribution in [2.24, 2.45) is 5.92 Å². The third-order valence-electron chi connectivity index (χ3n) is 11.3. The van der Waals surface area contributed by atoms with Crippen LogP contribution < -0.4 is 4.74 Å². The molecular weight excluding hydrogens is 492 g/mol. The van der Waals surface area contributed by atoms with Crippen LogP contribution >= 0.6 is 0 Å². The van der Waals surface area contributed by atoms with Crippen LogP contribution in [0, 0.1) is 5.92 Å². The first-order valence-electron chi connectivity index (χ1n) is 15.5. The predicted molar refractivity (Wildman–Crippen MR) is 158 cm³/mol. The molecule has 4 bridgehead atoms. The summed E-state index contributed by atoms with van der Waals surface area (Å²) in [6.45, 7) is 5.18. The fourth-order valence-electron chi connectivity index (χ4n) is 9.20. The van der Waals surface area contributed by atoms with Crippen LogP contribution in [0.3, 0.4) is 0 Å². The minimum Gasteiger partial charge on any atom is -0.497 e. The second-order valence-electron chi connectivity index (χ2n) is 13.4. The molecule has 5 fully saturated rings. The number of ether oxygens (including phenoxy) is 2. The highest BCUT2D eigenvalue weighted by atomic mass is 16.5. The van der Waals surface area contributed by atoms with E-state index in [1.165, 1.54) is 67.4 Å². The van der Waals surface area contributed by atoms with E-state index < -0.39 is 0 Å². The number of piperidine rings is 1. The quantitative estimate of drug-likeness (QED) is 0.335. The lowest BCUT2D eigenvalue weighted by molar-refractivity contribution is -0.283. The first-order valence-corrected chi connectivity index (χ1v) is 15.5. The van der Waals surface area contributed by atoms with E-state index in [4.69, 9.17) is 9.47 Å². The molecule has 6 aliphatic rings. The summed E-state index contributed by atoms with van der Waals surface area (Å²) in [5.74, 6) is 1.89. The van der Waals surface area contributed by atoms with Crippen LogP contribution in [-0.4, -0.2) is 53.8 Å². The van der Waals surface area contributed by atoms with E-state index in [1.807, 2.05) is 7.11 Å². The fraction of sp³-hybridized carbons (Fsp3) is 0.500. The molecule has 9 rings (SSSR count). The third-order valence-corrected chi connectivity index (χ3v) is 11.3. The molecule has 0 aromatic heterocycles. The summed E-state index contributed by atoms with van der Waals surface area (Å²) in [6, 6.07) is 29.6. The molecule has 0 radical (unpaired) electrons. The van der Waals surface area contributed by atoms with Crippen LogP contribution in [0.4, 0.5) is 0 Å². The van der Waals surface area contributed by atoms with Gasteiger partial charge in [0, 0.05) is 36.6 Å². The first-order chi connectivity index (χ1) is 19.6. The van der Waals surface area contributed by atoms with E-state index in [0.717, 1.165) is 44.2 Å². The van der Waals surface area contributed by atoms with Crippen molar-refractivity contribution in [3.8, 4) is 5.75 Å². The molecule has 2 unspecified atom stereocenters. The zero-order chi connectivity index (χ0) is 26.8. The van der Waals surface area contributed by atoms with Gasteiger partial charge in [0.2, 0.25) is 0 Å². The minimum atomic E-state index is -0.0909. The Kier molecular flexibility index (Phi) is 5.92. The molecule has 3 aliphatic heterocycles. The monoisotopic (exact) mass is 534 g/mol. The molecule has 4 atom stereocenters. The number of likely N-dealkylation sites (tertiary alicyclic amines) is 1. The highest BCUT2D eigenvalue weighted by Gasteiger charge is 2.72. The Labute approximate surface area is 239 Å². The van der Waals surface area contributed by atoms with Crippen molar-refractivity contribution in [1.29, 1.82) is 0 Å². The van der Waals surface area contributed by atoms with Crippen molar-refractivity contribution in [2.75, 3.05) is 26.8 Å². The average molecular weight is 535 g/mol. The van der Waals surface area contributed by atoms with Crippen molar-refractivity contribution in [1.82, 2.24) is 9.80 Å². The summed E-state index contributed by atoms with van der Waals surface area (Å²) in [5.41, 5.74) is 5.77. The maximum atomic E-state index is 7.42. The van der Waals surface area contributed by atoms with Gasteiger partial charge in [0.05, 0.1) is 19.3 Å². The second kappa shape index (κ2) is 9.44. The van der Waals surface area contributed by atoms with Gasteiger partial charge in [0.1, 0.15) is 5.75 Å². The highest BCUT2D eigenvalue weighted by Crippen LogP contribution is 2.66. The molecule has 3 saturated heterocycles. The molecule has 1 spiro atoms. The van der Waals surface area contributed by atoms with E-state index in [9.17, 15) is 0 Å². The van der Waals surface area contributed by atoms with Crippen LogP contribution in [0.5, 0.6) is 5.75 Å². The third kappa shape index (κ3) is 3.83. The molecule has 3 aliphatic carbocycles. The minimum absolute atomic E-state index is 0.00827. The predicted octanol–water partition coefficient (Wildman–Crippen LogP) is 6.37. The summed E-state index contributed by atoms with van der Waals surface area (Å²) < 4.78 is 13.2. The Bertz CT molecular complexity index is 1320. The smallest absolute Gasteiger partial charge is 0.119 e. The average Bonchev–Trinajstić information content (AvgIpc) is 3.83. The van der Waals surface area contributed by atoms with Crippen LogP contribution in [-0.2, 0) is 29.7 Å². The number of fused-ring (bicyclic) bond motifs is 3. The molecule has 4 heteroatoms. The SMILES string of the molecule is COc1ccc2c(c1)[C@]13CCN(CC4CC4)[C@H](C2)C12CCC(N(Cc1ccccc1)Cc1ccccc1)(CO2)C3. The second-order valence-corrected chi connectivity index (χ2v) is 13.4. The Morgan fingerprint density at radius 3 is 2.25 bits per heavy atom. The maximum Gasteiger partial charge on any atom is 0.119 e. The van der Waals surface area contributed by atoms with E-state index in [0.29, 0.717) is 6.04 Å². The van der Waals surface area contributed by atoms with Crippen LogP contribution in [0.15, 0.2) is 78.9 Å². The Morgan fingerprint density at radius 1 is 0.900 bits per heavy atom. The number of benzene rings is 3. The zero-order valence-electron chi connectivity index (χ0n) is 23.9. The zero-order valence-corrected chi connectivity index (χ0v) is 23.9. The molecule has 4 nitrogen and oxygen atoms in total. The maximum absolute atomic E-state index is 7.42. The Morgan fingerprint density at radius 2 is 1.62 bits per heavy atom. The van der Waals surface area contributed by atoms with Gasteiger partial charge in [-0.2, -0.15) is 0 Å². The van der Waals surface area contributed by atoms with E-state index in [1.54, 1.807) is 0 Å². The summed E-state index contributed by atoms with van der Waals surface area (Å²) in [7, 11) is 1.81. The van der Waals surface area contributed by atoms with Gasteiger partial charge in [-0.3, -0.25) is 9.80 Å². The van der Waals surface area contributed by atoms with Gasteiger partial charge in [0.15, 0.2) is 0 Å². The molecular formula is C36H42N2O2. The number of rotatable bonds is 8. The summed E-state index contributed by atoms with van der Waals surface area (Å²) in [5, 5.41) is 0. The van der Waals surface area contributed by atoms with Crippen molar-refractivity contribution >= 4 is 0 Å². The lowest BCUT2D eigenvalue weighted by Crippen LogP contribution is -2.81. The van der Waals surface area contributed by atoms with Gasteiger partial charge in [0.25, 0.3) is 0 Å². The highest BCUT2D eigenvalue weighted by molar-refractivity contribution is 5.50. The van der Waals surface area contributed by atoms with Crippen LogP contribution in [0.1, 0.15) is 60.8 Å².